The summed E-state index contributed by atoms with van der Waals surface area (Å²) in [4.78, 5) is 2.72. The molecule has 2 aromatic rings. The summed E-state index contributed by atoms with van der Waals surface area (Å²) >= 11 is 0. The molecule has 1 aromatic heterocycles. The summed E-state index contributed by atoms with van der Waals surface area (Å²) in [5.41, 5.74) is 0.666. The Labute approximate surface area is 100 Å². The van der Waals surface area contributed by atoms with Crippen LogP contribution in [-0.4, -0.2) is 25.4 Å². The van der Waals surface area contributed by atoms with Gasteiger partial charge in [0.25, 0.3) is 0 Å². The smallest absolute Gasteiger partial charge is 0.348 e. The van der Waals surface area contributed by atoms with Crippen LogP contribution in [0.25, 0.3) is 0 Å². The Balaban J connectivity index is 2.31. The van der Waals surface area contributed by atoms with Gasteiger partial charge in [0.2, 0.25) is 0 Å². The molecule has 0 amide bonds. The van der Waals surface area contributed by atoms with Crippen LogP contribution in [-0.2, 0) is 10.3 Å². The lowest BCUT2D eigenvalue weighted by atomic mass is 9.83. The predicted molar refractivity (Wildman–Crippen MR) is 66.7 cm³/mol. The number of nitrogens with zero attached hydrogens (tertiary/aromatic N) is 1. The number of benzene rings is 1. The maximum atomic E-state index is 11.3. The number of rotatable bonds is 4. The highest BCUT2D eigenvalue weighted by Crippen LogP contribution is 2.12. The molecular formula is C10H10BN2O3S. The molecule has 87 valence electrons. The maximum absolute atomic E-state index is 11.3. The zero-order valence-electron chi connectivity index (χ0n) is 8.82. The molecule has 7 heteroatoms. The molecule has 5 nitrogen and oxygen atoms in total. The summed E-state index contributed by atoms with van der Waals surface area (Å²) < 4.78 is 32.5. The van der Waals surface area contributed by atoms with Crippen molar-refractivity contribution in [2.45, 2.75) is 0 Å². The fourth-order valence-corrected chi connectivity index (χ4v) is 2.01. The van der Waals surface area contributed by atoms with E-state index in [9.17, 15) is 8.42 Å². The van der Waals surface area contributed by atoms with Gasteiger partial charge in [0.1, 0.15) is 5.82 Å². The van der Waals surface area contributed by atoms with E-state index < -0.39 is 10.3 Å². The highest BCUT2D eigenvalue weighted by atomic mass is 32.2. The molecule has 0 saturated carbocycles. The second-order valence-corrected chi connectivity index (χ2v) is 4.66. The van der Waals surface area contributed by atoms with Gasteiger partial charge < -0.3 is 4.98 Å². The minimum atomic E-state index is -4.34. The molecule has 2 rings (SSSR count). The quantitative estimate of drug-likeness (QED) is 0.614. The zero-order valence-corrected chi connectivity index (χ0v) is 9.63. The van der Waals surface area contributed by atoms with E-state index in [1.54, 1.807) is 42.6 Å². The van der Waals surface area contributed by atoms with Crippen molar-refractivity contribution in [3.63, 3.8) is 0 Å². The fraction of sp³-hybridized carbons (Fsp3) is 0. The lowest BCUT2D eigenvalue weighted by Crippen LogP contribution is -2.40. The van der Waals surface area contributed by atoms with E-state index in [4.69, 9.17) is 4.55 Å². The first kappa shape index (κ1) is 11.8. The van der Waals surface area contributed by atoms with Crippen LogP contribution in [0.5, 0.6) is 0 Å². The monoisotopic (exact) mass is 249 g/mol. The van der Waals surface area contributed by atoms with Crippen LogP contribution in [0.4, 0.5) is 5.82 Å². The summed E-state index contributed by atoms with van der Waals surface area (Å²) in [6.07, 6.45) is 1.58. The second-order valence-electron chi connectivity index (χ2n) is 3.37. The molecule has 17 heavy (non-hydrogen) atoms. The first-order chi connectivity index (χ1) is 8.07. The molecule has 0 saturated heterocycles. The van der Waals surface area contributed by atoms with Gasteiger partial charge >= 0.3 is 17.7 Å². The van der Waals surface area contributed by atoms with Crippen LogP contribution >= 0.6 is 0 Å². The van der Waals surface area contributed by atoms with Crippen LogP contribution in [0.1, 0.15) is 0 Å². The molecule has 0 atom stereocenters. The Morgan fingerprint density at radius 2 is 1.82 bits per heavy atom. The van der Waals surface area contributed by atoms with Crippen molar-refractivity contribution < 1.29 is 13.0 Å². The third-order valence-corrected chi connectivity index (χ3v) is 2.93. The van der Waals surface area contributed by atoms with E-state index in [2.05, 4.69) is 4.98 Å². The van der Waals surface area contributed by atoms with Crippen molar-refractivity contribution in [1.29, 1.82) is 0 Å². The number of H-pyrrole nitrogens is 1. The van der Waals surface area contributed by atoms with Crippen molar-refractivity contribution in [3.8, 4) is 0 Å². The summed E-state index contributed by atoms with van der Waals surface area (Å²) in [6, 6.07) is 12.1. The maximum Gasteiger partial charge on any atom is 0.349 e. The van der Waals surface area contributed by atoms with E-state index in [1.165, 1.54) is 7.41 Å². The fourth-order valence-electron chi connectivity index (χ4n) is 1.39. The first-order valence-corrected chi connectivity index (χ1v) is 6.27. The Morgan fingerprint density at radius 3 is 2.35 bits per heavy atom. The van der Waals surface area contributed by atoms with Gasteiger partial charge in [-0.15, -0.1) is 0 Å². The Hall–Kier alpha value is -1.73. The molecule has 0 fully saturated rings. The van der Waals surface area contributed by atoms with E-state index in [0.29, 0.717) is 5.46 Å². The van der Waals surface area contributed by atoms with Crippen molar-refractivity contribution in [2.24, 2.45) is 0 Å². The number of anilines is 1. The number of hydrogen-bond acceptors (Lipinski definition) is 2. The normalized spacial score (nSPS) is 11.1. The molecule has 0 aliphatic heterocycles. The minimum absolute atomic E-state index is 0.274. The van der Waals surface area contributed by atoms with Crippen LogP contribution in [0.2, 0.25) is 0 Å². The van der Waals surface area contributed by atoms with E-state index >= 15 is 0 Å². The van der Waals surface area contributed by atoms with Crippen molar-refractivity contribution in [1.82, 2.24) is 4.98 Å². The molecule has 0 spiro atoms. The summed E-state index contributed by atoms with van der Waals surface area (Å²) in [5, 5.41) is 0. The average molecular weight is 249 g/mol. The van der Waals surface area contributed by atoms with Gasteiger partial charge in [-0.2, -0.15) is 8.42 Å². The zero-order chi connectivity index (χ0) is 12.3. The Morgan fingerprint density at radius 1 is 1.12 bits per heavy atom. The topological polar surface area (TPSA) is 73.4 Å². The third-order valence-electron chi connectivity index (χ3n) is 2.13. The highest BCUT2D eigenvalue weighted by Gasteiger charge is 2.21. The van der Waals surface area contributed by atoms with Crippen molar-refractivity contribution in [2.75, 3.05) is 4.22 Å². The number of aromatic amines is 1. The summed E-state index contributed by atoms with van der Waals surface area (Å²) in [6.45, 7) is 0. The lowest BCUT2D eigenvalue weighted by molar-refractivity contribution is 0.485. The predicted octanol–water partition coefficient (Wildman–Crippen LogP) is 0.569. The molecule has 0 unspecified atom stereocenters. The van der Waals surface area contributed by atoms with Crippen LogP contribution in [0, 0.1) is 0 Å². The molecule has 0 aliphatic rings. The van der Waals surface area contributed by atoms with E-state index in [1.807, 2.05) is 6.07 Å². The van der Waals surface area contributed by atoms with Crippen molar-refractivity contribution in [3.05, 3.63) is 48.7 Å². The van der Waals surface area contributed by atoms with Gasteiger partial charge in [-0.1, -0.05) is 35.8 Å². The van der Waals surface area contributed by atoms with Crippen LogP contribution in [0.3, 0.4) is 0 Å². The SMILES string of the molecule is O=S(=O)(O)N([B]c1ccccc1)c1ccc[nH]1. The molecule has 0 aliphatic carbocycles. The van der Waals surface area contributed by atoms with Crippen LogP contribution < -0.4 is 9.68 Å². The molecule has 1 radical (unpaired) electrons. The number of nitrogens with one attached hydrogen (secondary N) is 1. The van der Waals surface area contributed by atoms with E-state index in [-0.39, 0.29) is 5.82 Å². The molecular weight excluding hydrogens is 239 g/mol. The standard InChI is InChI=1S/C10H10BN2O3S/c14-17(15,16)13(10-7-4-8-12-10)11-9-5-2-1-3-6-9/h1-8,12H,(H,14,15,16). The molecule has 0 bridgehead atoms. The molecule has 2 N–H and O–H groups in total. The van der Waals surface area contributed by atoms with E-state index in [0.717, 1.165) is 4.22 Å². The molecule has 1 aromatic carbocycles. The Kier molecular flexibility index (Phi) is 3.21. The number of hydrogen-bond donors (Lipinski definition) is 2. The van der Waals surface area contributed by atoms with Gasteiger partial charge in [0, 0.05) is 6.20 Å². The van der Waals surface area contributed by atoms with Crippen molar-refractivity contribution >= 4 is 29.0 Å². The van der Waals surface area contributed by atoms with Gasteiger partial charge in [-0.3, -0.25) is 8.77 Å². The summed E-state index contributed by atoms with van der Waals surface area (Å²) in [7, 11) is -3.01. The van der Waals surface area contributed by atoms with Crippen LogP contribution in [0.15, 0.2) is 48.7 Å². The first-order valence-electron chi connectivity index (χ1n) is 4.87. The van der Waals surface area contributed by atoms with Gasteiger partial charge in [0.05, 0.1) is 0 Å². The minimum Gasteiger partial charge on any atom is -0.348 e. The van der Waals surface area contributed by atoms with Gasteiger partial charge in [-0.05, 0) is 12.1 Å². The summed E-state index contributed by atoms with van der Waals surface area (Å²) in [5.74, 6) is 0.274. The third kappa shape index (κ3) is 2.89. The highest BCUT2D eigenvalue weighted by molar-refractivity contribution is 7.88. The largest absolute Gasteiger partial charge is 0.349 e. The molecule has 1 heterocycles. The van der Waals surface area contributed by atoms with Gasteiger partial charge in [0.15, 0.2) is 0 Å². The number of aromatic nitrogens is 1. The lowest BCUT2D eigenvalue weighted by Gasteiger charge is -2.18. The second kappa shape index (κ2) is 4.64. The average Bonchev–Trinajstić information content (AvgIpc) is 2.79. The Bertz CT molecular complexity index is 569. The van der Waals surface area contributed by atoms with Gasteiger partial charge in [-0.25, -0.2) is 0 Å².